The predicted octanol–water partition coefficient (Wildman–Crippen LogP) is 6.14. The molecule has 2 unspecified atom stereocenters. The number of amides is 1. The number of rotatable bonds is 7. The molecule has 2 aromatic carbocycles. The molecule has 37 heavy (non-hydrogen) atoms. The van der Waals surface area contributed by atoms with Crippen LogP contribution in [-0.4, -0.2) is 44.7 Å². The summed E-state index contributed by atoms with van der Waals surface area (Å²) in [6.45, 7) is 6.25. The SMILES string of the molecule is CN(Cc1cc(-c2ccccc2F)n(S(=O)c2cccc(OC3CCCCO3)c2)c1)C(=O)OC(C)(C)C. The van der Waals surface area contributed by atoms with Crippen molar-refractivity contribution in [2.45, 2.75) is 63.4 Å². The van der Waals surface area contributed by atoms with Crippen LogP contribution in [0.25, 0.3) is 11.3 Å². The van der Waals surface area contributed by atoms with Crippen molar-refractivity contribution in [3.63, 3.8) is 0 Å². The van der Waals surface area contributed by atoms with E-state index < -0.39 is 28.5 Å². The van der Waals surface area contributed by atoms with E-state index in [9.17, 15) is 13.4 Å². The zero-order valence-electron chi connectivity index (χ0n) is 21.6. The average Bonchev–Trinajstić information content (AvgIpc) is 3.27. The number of ether oxygens (including phenoxy) is 3. The lowest BCUT2D eigenvalue weighted by atomic mass is 10.1. The van der Waals surface area contributed by atoms with Gasteiger partial charge in [-0.05, 0) is 75.6 Å². The van der Waals surface area contributed by atoms with Gasteiger partial charge in [0, 0.05) is 25.2 Å². The minimum absolute atomic E-state index is 0.197. The zero-order valence-corrected chi connectivity index (χ0v) is 22.4. The van der Waals surface area contributed by atoms with Gasteiger partial charge in [0.15, 0.2) is 17.3 Å². The summed E-state index contributed by atoms with van der Waals surface area (Å²) in [5, 5.41) is 0. The van der Waals surface area contributed by atoms with Gasteiger partial charge in [0.1, 0.15) is 17.2 Å². The molecule has 2 heterocycles. The second-order valence-corrected chi connectivity index (χ2v) is 11.4. The Hall–Kier alpha value is -3.17. The largest absolute Gasteiger partial charge is 0.465 e. The molecule has 198 valence electrons. The fourth-order valence-corrected chi connectivity index (χ4v) is 5.19. The summed E-state index contributed by atoms with van der Waals surface area (Å²) in [6, 6.07) is 15.1. The molecule has 1 fully saturated rings. The number of aromatic nitrogens is 1. The van der Waals surface area contributed by atoms with Crippen molar-refractivity contribution in [2.75, 3.05) is 13.7 Å². The smallest absolute Gasteiger partial charge is 0.410 e. The van der Waals surface area contributed by atoms with Gasteiger partial charge in [-0.15, -0.1) is 0 Å². The number of benzene rings is 2. The van der Waals surface area contributed by atoms with Gasteiger partial charge in [-0.25, -0.2) is 13.4 Å². The van der Waals surface area contributed by atoms with Crippen LogP contribution in [-0.2, 0) is 27.0 Å². The standard InChI is InChI=1S/C28H33FN2O5S/c1-28(2,3)36-27(32)30(4)18-20-16-25(23-12-5-6-13-24(23)29)31(19-20)37(33)22-11-9-10-21(17-22)35-26-14-7-8-15-34-26/h5-6,9-13,16-17,19,26H,7-8,14-15,18H2,1-4H3. The molecular weight excluding hydrogens is 495 g/mol. The fourth-order valence-electron chi connectivity index (χ4n) is 3.99. The van der Waals surface area contributed by atoms with Gasteiger partial charge in [0.2, 0.25) is 0 Å². The van der Waals surface area contributed by atoms with Crippen LogP contribution in [0.15, 0.2) is 65.7 Å². The second-order valence-electron chi connectivity index (χ2n) is 10.0. The Kier molecular flexibility index (Phi) is 8.34. The van der Waals surface area contributed by atoms with E-state index >= 15 is 0 Å². The van der Waals surface area contributed by atoms with E-state index in [-0.39, 0.29) is 12.8 Å². The van der Waals surface area contributed by atoms with Crippen LogP contribution in [0.3, 0.4) is 0 Å². The zero-order chi connectivity index (χ0) is 26.6. The molecule has 0 spiro atoms. The first-order chi connectivity index (χ1) is 17.6. The molecule has 0 N–H and O–H groups in total. The van der Waals surface area contributed by atoms with E-state index in [0.717, 1.165) is 19.3 Å². The third kappa shape index (κ3) is 6.99. The van der Waals surface area contributed by atoms with E-state index in [1.165, 1.54) is 14.9 Å². The maximum atomic E-state index is 14.8. The maximum absolute atomic E-state index is 14.8. The summed E-state index contributed by atoms with van der Waals surface area (Å²) < 4.78 is 47.2. The van der Waals surface area contributed by atoms with E-state index in [4.69, 9.17) is 14.2 Å². The Morgan fingerprint density at radius 1 is 1.16 bits per heavy atom. The summed E-state index contributed by atoms with van der Waals surface area (Å²) in [4.78, 5) is 14.4. The molecule has 1 aliphatic rings. The van der Waals surface area contributed by atoms with E-state index in [0.29, 0.717) is 34.1 Å². The van der Waals surface area contributed by atoms with Gasteiger partial charge in [-0.1, -0.05) is 18.2 Å². The molecule has 1 amide bonds. The number of nitrogens with zero attached hydrogens (tertiary/aromatic N) is 2. The molecule has 3 aromatic rings. The molecule has 0 bridgehead atoms. The minimum atomic E-state index is -1.71. The van der Waals surface area contributed by atoms with Crippen molar-refractivity contribution in [1.82, 2.24) is 8.87 Å². The van der Waals surface area contributed by atoms with Gasteiger partial charge >= 0.3 is 6.09 Å². The molecule has 9 heteroatoms. The highest BCUT2D eigenvalue weighted by atomic mass is 32.2. The quantitative estimate of drug-likeness (QED) is 0.369. The van der Waals surface area contributed by atoms with Crippen LogP contribution < -0.4 is 4.74 Å². The predicted molar refractivity (Wildman–Crippen MR) is 140 cm³/mol. The van der Waals surface area contributed by atoms with Gasteiger partial charge in [0.25, 0.3) is 0 Å². The Labute approximate surface area is 219 Å². The first-order valence-electron chi connectivity index (χ1n) is 12.3. The van der Waals surface area contributed by atoms with Gasteiger partial charge in [-0.3, -0.25) is 3.97 Å². The number of carbonyl (C=O) groups excluding carboxylic acids is 1. The van der Waals surface area contributed by atoms with Crippen molar-refractivity contribution < 1.29 is 27.6 Å². The average molecular weight is 529 g/mol. The summed E-state index contributed by atoms with van der Waals surface area (Å²) in [7, 11) is -0.0857. The molecule has 0 saturated carbocycles. The molecule has 1 aliphatic heterocycles. The van der Waals surface area contributed by atoms with Crippen molar-refractivity contribution >= 4 is 17.1 Å². The van der Waals surface area contributed by atoms with Crippen molar-refractivity contribution in [3.05, 3.63) is 72.2 Å². The van der Waals surface area contributed by atoms with Gasteiger partial charge in [0.05, 0.1) is 23.7 Å². The molecule has 2 atom stereocenters. The molecule has 1 saturated heterocycles. The molecule has 7 nitrogen and oxygen atoms in total. The Balaban J connectivity index is 1.63. The topological polar surface area (TPSA) is 70.0 Å². The van der Waals surface area contributed by atoms with Crippen LogP contribution >= 0.6 is 0 Å². The van der Waals surface area contributed by atoms with Crippen LogP contribution in [0.1, 0.15) is 45.6 Å². The lowest BCUT2D eigenvalue weighted by Crippen LogP contribution is -2.33. The lowest BCUT2D eigenvalue weighted by Gasteiger charge is -2.24. The van der Waals surface area contributed by atoms with Crippen molar-refractivity contribution in [2.24, 2.45) is 0 Å². The van der Waals surface area contributed by atoms with Crippen molar-refractivity contribution in [1.29, 1.82) is 0 Å². The second kappa shape index (κ2) is 11.5. The fraction of sp³-hybridized carbons (Fsp3) is 0.393. The van der Waals surface area contributed by atoms with Crippen molar-refractivity contribution in [3.8, 4) is 17.0 Å². The maximum Gasteiger partial charge on any atom is 0.410 e. The molecule has 4 rings (SSSR count). The van der Waals surface area contributed by atoms with Gasteiger partial charge in [-0.2, -0.15) is 0 Å². The highest BCUT2D eigenvalue weighted by Gasteiger charge is 2.23. The summed E-state index contributed by atoms with van der Waals surface area (Å²) >= 11 is 0. The molecule has 0 aliphatic carbocycles. The normalized spacial score (nSPS) is 16.7. The molecule has 0 radical (unpaired) electrons. The van der Waals surface area contributed by atoms with Crippen LogP contribution in [0, 0.1) is 5.82 Å². The lowest BCUT2D eigenvalue weighted by molar-refractivity contribution is -0.106. The number of carbonyl (C=O) groups is 1. The van der Waals surface area contributed by atoms with Gasteiger partial charge < -0.3 is 19.1 Å². The highest BCUT2D eigenvalue weighted by Crippen LogP contribution is 2.29. The third-order valence-electron chi connectivity index (χ3n) is 5.71. The minimum Gasteiger partial charge on any atom is -0.465 e. The van der Waals surface area contributed by atoms with E-state index in [2.05, 4.69) is 0 Å². The summed E-state index contributed by atoms with van der Waals surface area (Å²) in [6.07, 6.45) is 3.72. The Bertz CT molecular complexity index is 1260. The van der Waals surface area contributed by atoms with E-state index in [1.807, 2.05) is 0 Å². The van der Waals surface area contributed by atoms with Crippen LogP contribution in [0.5, 0.6) is 5.75 Å². The third-order valence-corrected chi connectivity index (χ3v) is 7.03. The van der Waals surface area contributed by atoms with Crippen LogP contribution in [0.2, 0.25) is 0 Å². The summed E-state index contributed by atoms with van der Waals surface area (Å²) in [5.41, 5.74) is 0.798. The molecular formula is C28H33FN2O5S. The highest BCUT2D eigenvalue weighted by molar-refractivity contribution is 7.83. The Morgan fingerprint density at radius 2 is 1.95 bits per heavy atom. The Morgan fingerprint density at radius 3 is 2.65 bits per heavy atom. The first kappa shape index (κ1) is 26.9. The first-order valence-corrected chi connectivity index (χ1v) is 13.4. The molecule has 1 aromatic heterocycles. The number of halogens is 1. The number of hydrogen-bond acceptors (Lipinski definition) is 5. The number of hydrogen-bond donors (Lipinski definition) is 0. The van der Waals surface area contributed by atoms with Crippen LogP contribution in [0.4, 0.5) is 9.18 Å². The summed E-state index contributed by atoms with van der Waals surface area (Å²) in [5.74, 6) is 0.125. The monoisotopic (exact) mass is 528 g/mol. The van der Waals surface area contributed by atoms with E-state index in [1.54, 1.807) is 82.5 Å².